The zero-order valence-electron chi connectivity index (χ0n) is 21.1. The molecule has 188 valence electrons. The minimum absolute atomic E-state index is 0.0786. The van der Waals surface area contributed by atoms with E-state index >= 15 is 0 Å². The first kappa shape index (κ1) is 26.4. The SMILES string of the molecule is COc1cc(C)c(S(=O)(=O)N(Cc2ccc3[nH]cc(C(C)=O)c3c2)[C@@H](C(=O)O)C(C)C)c(C)c1C. The van der Waals surface area contributed by atoms with E-state index in [4.69, 9.17) is 4.74 Å². The van der Waals surface area contributed by atoms with Gasteiger partial charge in [0, 0.05) is 29.2 Å². The maximum Gasteiger partial charge on any atom is 0.322 e. The van der Waals surface area contributed by atoms with E-state index in [1.165, 1.54) is 14.0 Å². The van der Waals surface area contributed by atoms with Crippen LogP contribution < -0.4 is 4.74 Å². The topological polar surface area (TPSA) is 117 Å². The highest BCUT2D eigenvalue weighted by molar-refractivity contribution is 7.89. The van der Waals surface area contributed by atoms with Gasteiger partial charge in [0.15, 0.2) is 5.78 Å². The molecule has 8 nitrogen and oxygen atoms in total. The molecule has 0 aliphatic carbocycles. The molecule has 0 bridgehead atoms. The molecule has 1 atom stereocenters. The van der Waals surface area contributed by atoms with Gasteiger partial charge in [0.05, 0.1) is 12.0 Å². The molecule has 0 radical (unpaired) electrons. The molecule has 0 amide bonds. The number of Topliss-reactive ketones (excluding diaryl/α,β-unsaturated/α-hetero) is 1. The Balaban J connectivity index is 2.23. The van der Waals surface area contributed by atoms with Gasteiger partial charge in [0.2, 0.25) is 10.0 Å². The van der Waals surface area contributed by atoms with E-state index in [1.807, 2.05) is 0 Å². The van der Waals surface area contributed by atoms with Gasteiger partial charge in [-0.25, -0.2) is 8.42 Å². The number of H-pyrrole nitrogens is 1. The lowest BCUT2D eigenvalue weighted by Gasteiger charge is -2.32. The van der Waals surface area contributed by atoms with Crippen LogP contribution in [0.2, 0.25) is 0 Å². The summed E-state index contributed by atoms with van der Waals surface area (Å²) in [5.74, 6) is -1.27. The molecule has 0 fully saturated rings. The number of fused-ring (bicyclic) bond motifs is 1. The van der Waals surface area contributed by atoms with Crippen LogP contribution in [0.5, 0.6) is 5.75 Å². The fourth-order valence-corrected chi connectivity index (χ4v) is 6.75. The van der Waals surface area contributed by atoms with Crippen LogP contribution in [0.3, 0.4) is 0 Å². The Bertz CT molecular complexity index is 1400. The van der Waals surface area contributed by atoms with Crippen molar-refractivity contribution >= 4 is 32.7 Å². The number of carbonyl (C=O) groups excluding carboxylic acids is 1. The molecule has 1 heterocycles. The number of ketones is 1. The lowest BCUT2D eigenvalue weighted by Crippen LogP contribution is -2.47. The van der Waals surface area contributed by atoms with Crippen molar-refractivity contribution in [2.75, 3.05) is 7.11 Å². The first-order valence-electron chi connectivity index (χ1n) is 11.3. The zero-order valence-corrected chi connectivity index (χ0v) is 21.9. The fraction of sp³-hybridized carbons (Fsp3) is 0.385. The third kappa shape index (κ3) is 4.83. The molecule has 0 saturated heterocycles. The van der Waals surface area contributed by atoms with Crippen LogP contribution in [0.1, 0.15) is 53.4 Å². The van der Waals surface area contributed by atoms with E-state index in [2.05, 4.69) is 4.98 Å². The lowest BCUT2D eigenvalue weighted by molar-refractivity contribution is -0.143. The van der Waals surface area contributed by atoms with Gasteiger partial charge in [-0.3, -0.25) is 9.59 Å². The predicted molar refractivity (Wildman–Crippen MR) is 134 cm³/mol. The van der Waals surface area contributed by atoms with Gasteiger partial charge in [0.25, 0.3) is 0 Å². The second-order valence-electron chi connectivity index (χ2n) is 9.19. The molecule has 2 N–H and O–H groups in total. The number of nitrogens with one attached hydrogen (secondary N) is 1. The number of hydrogen-bond donors (Lipinski definition) is 2. The van der Waals surface area contributed by atoms with Crippen molar-refractivity contribution in [2.45, 2.75) is 59.0 Å². The summed E-state index contributed by atoms with van der Waals surface area (Å²) in [5.41, 5.74) is 3.47. The summed E-state index contributed by atoms with van der Waals surface area (Å²) in [6, 6.07) is 5.60. The summed E-state index contributed by atoms with van der Waals surface area (Å²) in [6.07, 6.45) is 1.62. The van der Waals surface area contributed by atoms with Crippen LogP contribution in [0.15, 0.2) is 35.4 Å². The number of aliphatic carboxylic acids is 1. The number of carboxylic acids is 1. The number of aryl methyl sites for hydroxylation is 1. The minimum Gasteiger partial charge on any atom is -0.496 e. The summed E-state index contributed by atoms with van der Waals surface area (Å²) < 4.78 is 34.7. The van der Waals surface area contributed by atoms with Gasteiger partial charge >= 0.3 is 5.97 Å². The van der Waals surface area contributed by atoms with Crippen molar-refractivity contribution in [3.63, 3.8) is 0 Å². The molecule has 0 aliphatic rings. The maximum absolute atomic E-state index is 14.1. The number of ether oxygens (including phenoxy) is 1. The summed E-state index contributed by atoms with van der Waals surface area (Å²) in [6.45, 7) is 9.81. The number of carboxylic acid groups (broad SMARTS) is 1. The summed E-state index contributed by atoms with van der Waals surface area (Å²) in [7, 11) is -2.72. The van der Waals surface area contributed by atoms with Gasteiger partial charge < -0.3 is 14.8 Å². The van der Waals surface area contributed by atoms with Crippen molar-refractivity contribution in [1.29, 1.82) is 0 Å². The third-order valence-electron chi connectivity index (χ3n) is 6.42. The molecular weight excluding hydrogens is 468 g/mol. The average molecular weight is 501 g/mol. The number of rotatable bonds is 9. The van der Waals surface area contributed by atoms with E-state index in [-0.39, 0.29) is 17.2 Å². The number of hydrogen-bond acceptors (Lipinski definition) is 5. The summed E-state index contributed by atoms with van der Waals surface area (Å²) >= 11 is 0. The molecule has 0 spiro atoms. The molecule has 3 aromatic rings. The Morgan fingerprint density at radius 3 is 2.31 bits per heavy atom. The van der Waals surface area contributed by atoms with Crippen molar-refractivity contribution in [1.82, 2.24) is 9.29 Å². The number of aromatic amines is 1. The number of nitrogens with zero attached hydrogens (tertiary/aromatic N) is 1. The van der Waals surface area contributed by atoms with Crippen LogP contribution >= 0.6 is 0 Å². The minimum atomic E-state index is -4.24. The van der Waals surface area contributed by atoms with Crippen LogP contribution in [0, 0.1) is 26.7 Å². The molecule has 0 aliphatic heterocycles. The Kier molecular flexibility index (Phi) is 7.42. The highest BCUT2D eigenvalue weighted by Gasteiger charge is 2.40. The largest absolute Gasteiger partial charge is 0.496 e. The van der Waals surface area contributed by atoms with Crippen molar-refractivity contribution in [3.05, 3.63) is 58.3 Å². The molecule has 1 aromatic heterocycles. The van der Waals surface area contributed by atoms with Crippen LogP contribution in [0.4, 0.5) is 0 Å². The molecular formula is C26H32N2O6S. The Morgan fingerprint density at radius 1 is 1.11 bits per heavy atom. The van der Waals surface area contributed by atoms with E-state index in [0.717, 1.165) is 9.82 Å². The van der Waals surface area contributed by atoms with Gasteiger partial charge in [-0.05, 0) is 74.1 Å². The fourth-order valence-electron chi connectivity index (χ4n) is 4.56. The average Bonchev–Trinajstić information content (AvgIpc) is 3.18. The standard InChI is InChI=1S/C26H32N2O6S/c1-14(2)24(26(30)31)28(13-19-8-9-22-20(11-19)21(12-27-22)18(6)29)35(32,33)25-15(3)10-23(34-7)16(4)17(25)5/h8-12,14,24,27H,13H2,1-7H3,(H,30,31)/t24-/m1/s1. The Hall–Kier alpha value is -3.17. The molecule has 0 unspecified atom stereocenters. The summed E-state index contributed by atoms with van der Waals surface area (Å²) in [5, 5.41) is 10.7. The zero-order chi connectivity index (χ0) is 26.2. The van der Waals surface area contributed by atoms with Crippen LogP contribution in [-0.4, -0.2) is 47.7 Å². The molecule has 3 rings (SSSR count). The monoisotopic (exact) mass is 500 g/mol. The first-order valence-corrected chi connectivity index (χ1v) is 12.8. The first-order chi connectivity index (χ1) is 16.3. The second kappa shape index (κ2) is 9.83. The van der Waals surface area contributed by atoms with E-state index in [1.54, 1.807) is 65.1 Å². The van der Waals surface area contributed by atoms with E-state index < -0.39 is 28.0 Å². The second-order valence-corrected chi connectivity index (χ2v) is 11.0. The predicted octanol–water partition coefficient (Wildman–Crippen LogP) is 4.60. The molecule has 9 heteroatoms. The summed E-state index contributed by atoms with van der Waals surface area (Å²) in [4.78, 5) is 27.5. The van der Waals surface area contributed by atoms with E-state index in [9.17, 15) is 23.1 Å². The Labute approximate surface area is 206 Å². The number of benzene rings is 2. The number of carbonyl (C=O) groups is 2. The van der Waals surface area contributed by atoms with Crippen LogP contribution in [0.25, 0.3) is 10.9 Å². The third-order valence-corrected chi connectivity index (χ3v) is 8.54. The van der Waals surface area contributed by atoms with Crippen molar-refractivity contribution < 1.29 is 27.9 Å². The van der Waals surface area contributed by atoms with Gasteiger partial charge in [-0.2, -0.15) is 4.31 Å². The quantitative estimate of drug-likeness (QED) is 0.415. The molecule has 35 heavy (non-hydrogen) atoms. The van der Waals surface area contributed by atoms with Crippen molar-refractivity contribution in [2.24, 2.45) is 5.92 Å². The molecule has 2 aromatic carbocycles. The smallest absolute Gasteiger partial charge is 0.322 e. The molecule has 0 saturated carbocycles. The maximum atomic E-state index is 14.1. The highest BCUT2D eigenvalue weighted by Crippen LogP contribution is 2.35. The number of sulfonamides is 1. The van der Waals surface area contributed by atoms with Crippen LogP contribution in [-0.2, 0) is 21.4 Å². The number of methoxy groups -OCH3 is 1. The van der Waals surface area contributed by atoms with Crippen molar-refractivity contribution in [3.8, 4) is 5.75 Å². The van der Waals surface area contributed by atoms with Gasteiger partial charge in [-0.15, -0.1) is 0 Å². The number of aromatic nitrogens is 1. The van der Waals surface area contributed by atoms with E-state index in [0.29, 0.717) is 39.0 Å². The highest BCUT2D eigenvalue weighted by atomic mass is 32.2. The van der Waals surface area contributed by atoms with Gasteiger partial charge in [0.1, 0.15) is 11.8 Å². The van der Waals surface area contributed by atoms with Gasteiger partial charge in [-0.1, -0.05) is 19.9 Å². The normalized spacial score (nSPS) is 12.9. The lowest BCUT2D eigenvalue weighted by atomic mass is 10.0. The Morgan fingerprint density at radius 2 is 1.77 bits per heavy atom.